The Morgan fingerprint density at radius 2 is 1.95 bits per heavy atom. The first-order valence-corrected chi connectivity index (χ1v) is 6.98. The minimum Gasteiger partial charge on any atom is -0.490 e. The Labute approximate surface area is 130 Å². The summed E-state index contributed by atoms with van der Waals surface area (Å²) in [5.41, 5.74) is 7.21. The average molecular weight is 304 g/mol. The minimum atomic E-state index is 0. The van der Waals surface area contributed by atoms with Crippen LogP contribution < -0.4 is 10.5 Å². The third-order valence-corrected chi connectivity index (χ3v) is 3.86. The number of nitriles is 1. The molecule has 0 aliphatic heterocycles. The highest BCUT2D eigenvalue weighted by molar-refractivity contribution is 5.89. The zero-order chi connectivity index (χ0) is 13.9. The van der Waals surface area contributed by atoms with Gasteiger partial charge >= 0.3 is 0 Å². The lowest BCUT2D eigenvalue weighted by molar-refractivity contribution is 0.149. The van der Waals surface area contributed by atoms with Crippen molar-refractivity contribution in [3.63, 3.8) is 0 Å². The van der Waals surface area contributed by atoms with E-state index in [-0.39, 0.29) is 18.5 Å². The van der Waals surface area contributed by atoms with Gasteiger partial charge in [0.1, 0.15) is 11.8 Å². The van der Waals surface area contributed by atoms with Gasteiger partial charge in [0.2, 0.25) is 0 Å². The van der Waals surface area contributed by atoms with E-state index in [0.717, 1.165) is 36.8 Å². The molecule has 4 nitrogen and oxygen atoms in total. The molecule has 1 fully saturated rings. The van der Waals surface area contributed by atoms with Gasteiger partial charge in [-0.05, 0) is 49.9 Å². The van der Waals surface area contributed by atoms with Crippen LogP contribution in [0, 0.1) is 11.3 Å². The maximum atomic E-state index is 9.13. The molecule has 5 heteroatoms. The Bertz CT molecular complexity index is 660. The standard InChI is InChI=1S/C16H17N3O.ClH/c17-10-11-3-8-15(14-2-1-9-19-16(11)14)20-13-6-4-12(18)5-7-13;/h1-3,8-9,12-13H,4-7,18H2;1H. The highest BCUT2D eigenvalue weighted by Gasteiger charge is 2.20. The minimum absolute atomic E-state index is 0. The van der Waals surface area contributed by atoms with Crippen molar-refractivity contribution < 1.29 is 4.74 Å². The first-order chi connectivity index (χ1) is 9.78. The fourth-order valence-corrected chi connectivity index (χ4v) is 2.73. The first-order valence-electron chi connectivity index (χ1n) is 6.98. The van der Waals surface area contributed by atoms with Gasteiger partial charge in [-0.2, -0.15) is 5.26 Å². The van der Waals surface area contributed by atoms with Crippen molar-refractivity contribution >= 4 is 23.3 Å². The van der Waals surface area contributed by atoms with Gasteiger partial charge in [-0.15, -0.1) is 12.4 Å². The largest absolute Gasteiger partial charge is 0.490 e. The summed E-state index contributed by atoms with van der Waals surface area (Å²) in [6.07, 6.45) is 5.92. The van der Waals surface area contributed by atoms with Crippen molar-refractivity contribution in [3.05, 3.63) is 36.0 Å². The van der Waals surface area contributed by atoms with E-state index < -0.39 is 0 Å². The van der Waals surface area contributed by atoms with Crippen LogP contribution in [-0.4, -0.2) is 17.1 Å². The maximum Gasteiger partial charge on any atom is 0.129 e. The monoisotopic (exact) mass is 303 g/mol. The van der Waals surface area contributed by atoms with Crippen LogP contribution in [0.25, 0.3) is 10.9 Å². The van der Waals surface area contributed by atoms with E-state index >= 15 is 0 Å². The van der Waals surface area contributed by atoms with Crippen molar-refractivity contribution in [2.75, 3.05) is 0 Å². The van der Waals surface area contributed by atoms with Crippen LogP contribution in [0.3, 0.4) is 0 Å². The van der Waals surface area contributed by atoms with Crippen molar-refractivity contribution in [1.82, 2.24) is 4.98 Å². The summed E-state index contributed by atoms with van der Waals surface area (Å²) in [5.74, 6) is 0.813. The predicted molar refractivity (Wildman–Crippen MR) is 84.6 cm³/mol. The molecule has 1 saturated carbocycles. The Hall–Kier alpha value is -1.83. The van der Waals surface area contributed by atoms with Crippen molar-refractivity contribution in [3.8, 4) is 11.8 Å². The molecule has 1 aromatic heterocycles. The van der Waals surface area contributed by atoms with Gasteiger partial charge in [0.25, 0.3) is 0 Å². The zero-order valence-electron chi connectivity index (χ0n) is 11.7. The number of nitrogens with two attached hydrogens (primary N) is 1. The number of benzene rings is 1. The third kappa shape index (κ3) is 3.26. The summed E-state index contributed by atoms with van der Waals surface area (Å²) in [4.78, 5) is 4.30. The second kappa shape index (κ2) is 6.75. The number of rotatable bonds is 2. The Balaban J connectivity index is 0.00000161. The molecule has 1 aliphatic carbocycles. The Kier molecular flexibility index (Phi) is 5.00. The van der Waals surface area contributed by atoms with Crippen LogP contribution >= 0.6 is 12.4 Å². The number of hydrogen-bond acceptors (Lipinski definition) is 4. The quantitative estimate of drug-likeness (QED) is 0.925. The summed E-state index contributed by atoms with van der Waals surface area (Å²) < 4.78 is 6.11. The van der Waals surface area contributed by atoms with Crippen LogP contribution in [-0.2, 0) is 0 Å². The lowest BCUT2D eigenvalue weighted by atomic mass is 9.93. The molecule has 3 rings (SSSR count). The number of aromatic nitrogens is 1. The van der Waals surface area contributed by atoms with E-state index in [9.17, 15) is 0 Å². The van der Waals surface area contributed by atoms with Crippen LogP contribution in [0.15, 0.2) is 30.5 Å². The molecule has 1 heterocycles. The molecule has 0 spiro atoms. The molecular weight excluding hydrogens is 286 g/mol. The second-order valence-electron chi connectivity index (χ2n) is 5.28. The third-order valence-electron chi connectivity index (χ3n) is 3.86. The molecule has 21 heavy (non-hydrogen) atoms. The number of pyridine rings is 1. The van der Waals surface area contributed by atoms with Gasteiger partial charge in [-0.25, -0.2) is 0 Å². The molecule has 1 aliphatic rings. The molecular formula is C16H18ClN3O. The lowest BCUT2D eigenvalue weighted by Crippen LogP contribution is -2.31. The number of fused-ring (bicyclic) bond motifs is 1. The molecule has 0 saturated heterocycles. The van der Waals surface area contributed by atoms with E-state index in [1.807, 2.05) is 18.2 Å². The zero-order valence-corrected chi connectivity index (χ0v) is 12.5. The van der Waals surface area contributed by atoms with Crippen molar-refractivity contribution in [2.24, 2.45) is 5.73 Å². The van der Waals surface area contributed by atoms with Crippen molar-refractivity contribution in [2.45, 2.75) is 37.8 Å². The van der Waals surface area contributed by atoms with Gasteiger partial charge in [0.05, 0.1) is 17.2 Å². The number of ether oxygens (including phenoxy) is 1. The SMILES string of the molecule is Cl.N#Cc1ccc(OC2CCC(N)CC2)c2cccnc12. The smallest absolute Gasteiger partial charge is 0.129 e. The lowest BCUT2D eigenvalue weighted by Gasteiger charge is -2.27. The number of nitrogens with zero attached hydrogens (tertiary/aromatic N) is 2. The molecule has 2 N–H and O–H groups in total. The fourth-order valence-electron chi connectivity index (χ4n) is 2.73. The molecule has 0 bridgehead atoms. The van der Waals surface area contributed by atoms with Crippen molar-refractivity contribution in [1.29, 1.82) is 5.26 Å². The molecule has 0 unspecified atom stereocenters. The van der Waals surface area contributed by atoms with Crippen LogP contribution in [0.5, 0.6) is 5.75 Å². The number of halogens is 1. The van der Waals surface area contributed by atoms with E-state index in [2.05, 4.69) is 11.1 Å². The first kappa shape index (κ1) is 15.6. The average Bonchev–Trinajstić information content (AvgIpc) is 2.50. The molecule has 0 atom stereocenters. The summed E-state index contributed by atoms with van der Waals surface area (Å²) in [6.45, 7) is 0. The van der Waals surface area contributed by atoms with Crippen LogP contribution in [0.1, 0.15) is 31.2 Å². The van der Waals surface area contributed by atoms with E-state index in [0.29, 0.717) is 17.1 Å². The topological polar surface area (TPSA) is 71.9 Å². The number of hydrogen-bond donors (Lipinski definition) is 1. The van der Waals surface area contributed by atoms with Gasteiger partial charge in [-0.1, -0.05) is 0 Å². The molecule has 2 aromatic rings. The van der Waals surface area contributed by atoms with E-state index in [1.54, 1.807) is 12.3 Å². The van der Waals surface area contributed by atoms with Gasteiger partial charge in [0, 0.05) is 17.6 Å². The summed E-state index contributed by atoms with van der Waals surface area (Å²) >= 11 is 0. The Morgan fingerprint density at radius 3 is 2.67 bits per heavy atom. The highest BCUT2D eigenvalue weighted by atomic mass is 35.5. The van der Waals surface area contributed by atoms with E-state index in [4.69, 9.17) is 15.7 Å². The molecule has 0 amide bonds. The Morgan fingerprint density at radius 1 is 1.19 bits per heavy atom. The highest BCUT2D eigenvalue weighted by Crippen LogP contribution is 2.30. The summed E-state index contributed by atoms with van der Waals surface area (Å²) in [7, 11) is 0. The van der Waals surface area contributed by atoms with Gasteiger partial charge < -0.3 is 10.5 Å². The van der Waals surface area contributed by atoms with Gasteiger partial charge in [0.15, 0.2) is 0 Å². The van der Waals surface area contributed by atoms with Crippen LogP contribution in [0.2, 0.25) is 0 Å². The fraction of sp³-hybridized carbons (Fsp3) is 0.375. The molecule has 1 aromatic carbocycles. The summed E-state index contributed by atoms with van der Waals surface area (Å²) in [6, 6.07) is 9.95. The maximum absolute atomic E-state index is 9.13. The van der Waals surface area contributed by atoms with Crippen LogP contribution in [0.4, 0.5) is 0 Å². The summed E-state index contributed by atoms with van der Waals surface area (Å²) in [5, 5.41) is 10.0. The normalized spacial score (nSPS) is 21.3. The second-order valence-corrected chi connectivity index (χ2v) is 5.28. The van der Waals surface area contributed by atoms with Gasteiger partial charge in [-0.3, -0.25) is 4.98 Å². The molecule has 110 valence electrons. The predicted octanol–water partition coefficient (Wildman–Crippen LogP) is 3.18. The molecule has 0 radical (unpaired) electrons. The van der Waals surface area contributed by atoms with E-state index in [1.165, 1.54) is 0 Å².